The Bertz CT molecular complexity index is 1280. The molecule has 8 nitrogen and oxygen atoms in total. The quantitative estimate of drug-likeness (QED) is 0.138. The number of nitrogen functional groups attached to an aromatic ring is 1. The zero-order valence-corrected chi connectivity index (χ0v) is 22.8. The third-order valence-electron chi connectivity index (χ3n) is 5.96. The minimum atomic E-state index is 0.299. The average Bonchev–Trinajstić information content (AvgIpc) is 3.23. The number of rotatable bonds is 5. The highest BCUT2D eigenvalue weighted by atomic mass is 17.0. The number of hydrogen-bond acceptors (Lipinski definition) is 7. The van der Waals surface area contributed by atoms with Gasteiger partial charge in [0.15, 0.2) is 0 Å². The number of unbranched alkanes of at least 4 members (excludes halogenated alkanes) is 1. The number of hydrogen-bond donors (Lipinski definition) is 3. The fourth-order valence-electron chi connectivity index (χ4n) is 3.86. The van der Waals surface area contributed by atoms with E-state index in [0.29, 0.717) is 29.1 Å². The van der Waals surface area contributed by atoms with Gasteiger partial charge in [0.2, 0.25) is 0 Å². The van der Waals surface area contributed by atoms with Gasteiger partial charge in [0.25, 0.3) is 0 Å². The van der Waals surface area contributed by atoms with Crippen LogP contribution in [0.1, 0.15) is 77.8 Å². The molecule has 0 spiro atoms. The first-order valence-corrected chi connectivity index (χ1v) is 13.2. The molecule has 1 saturated carbocycles. The molecular formula is C30H39N5O3. The fourth-order valence-corrected chi connectivity index (χ4v) is 3.86. The van der Waals surface area contributed by atoms with Gasteiger partial charge >= 0.3 is 6.01 Å². The fraction of sp³-hybridized carbons (Fsp3) is 0.367. The molecule has 4 N–H and O–H groups in total. The van der Waals surface area contributed by atoms with Gasteiger partial charge in [0.05, 0.1) is 16.8 Å². The van der Waals surface area contributed by atoms with Crippen LogP contribution in [0.5, 0.6) is 11.8 Å². The van der Waals surface area contributed by atoms with Crippen molar-refractivity contribution in [1.82, 2.24) is 14.5 Å². The zero-order chi connectivity index (χ0) is 27.9. The van der Waals surface area contributed by atoms with Crippen molar-refractivity contribution in [2.24, 2.45) is 0 Å². The summed E-state index contributed by atoms with van der Waals surface area (Å²) in [5.74, 6) is 0.648. The van der Waals surface area contributed by atoms with E-state index >= 15 is 0 Å². The van der Waals surface area contributed by atoms with Crippen LogP contribution in [-0.4, -0.2) is 25.0 Å². The van der Waals surface area contributed by atoms with E-state index in [4.69, 9.17) is 21.0 Å². The minimum absolute atomic E-state index is 0.299. The molecule has 8 heteroatoms. The molecule has 0 amide bonds. The molecule has 4 aromatic rings. The van der Waals surface area contributed by atoms with Crippen molar-refractivity contribution in [2.45, 2.75) is 72.3 Å². The predicted octanol–water partition coefficient (Wildman–Crippen LogP) is 8.31. The van der Waals surface area contributed by atoms with Crippen LogP contribution in [0.25, 0.3) is 22.2 Å². The summed E-state index contributed by atoms with van der Waals surface area (Å²) in [5.41, 5.74) is 10.2. The van der Waals surface area contributed by atoms with Crippen molar-refractivity contribution in [3.8, 4) is 29.1 Å². The molecule has 5 rings (SSSR count). The normalized spacial score (nSPS) is 11.9. The lowest BCUT2D eigenvalue weighted by molar-refractivity contribution is -0.176. The van der Waals surface area contributed by atoms with E-state index < -0.39 is 0 Å². The SMILES string of the molecule is CCC.CCCC.N#Cc1c(-c2ccc(N)cc2)n(C2CCC2)c2cc(Oc3ncccn3)ccc12.OO. The molecule has 2 heterocycles. The maximum absolute atomic E-state index is 9.98. The summed E-state index contributed by atoms with van der Waals surface area (Å²) >= 11 is 0. The minimum Gasteiger partial charge on any atom is -0.424 e. The Morgan fingerprint density at radius 1 is 1.00 bits per heavy atom. The summed E-state index contributed by atoms with van der Waals surface area (Å²) in [6.45, 7) is 8.61. The third kappa shape index (κ3) is 7.54. The highest BCUT2D eigenvalue weighted by Gasteiger charge is 2.28. The molecule has 0 radical (unpaired) electrons. The van der Waals surface area contributed by atoms with Gasteiger partial charge in [-0.3, -0.25) is 10.5 Å². The van der Waals surface area contributed by atoms with Gasteiger partial charge in [-0.1, -0.05) is 59.1 Å². The van der Waals surface area contributed by atoms with Gasteiger partial charge in [0, 0.05) is 35.6 Å². The number of nitrogens with zero attached hydrogens (tertiary/aromatic N) is 4. The number of ether oxygens (including phenoxy) is 1. The van der Waals surface area contributed by atoms with Crippen LogP contribution < -0.4 is 10.5 Å². The molecule has 0 atom stereocenters. The topological polar surface area (TPSA) is 130 Å². The van der Waals surface area contributed by atoms with E-state index in [1.807, 2.05) is 42.5 Å². The van der Waals surface area contributed by atoms with Crippen LogP contribution in [0.15, 0.2) is 60.9 Å². The lowest BCUT2D eigenvalue weighted by Crippen LogP contribution is -2.17. The maximum atomic E-state index is 9.98. The number of aromatic nitrogens is 3. The van der Waals surface area contributed by atoms with Crippen molar-refractivity contribution >= 4 is 16.6 Å². The van der Waals surface area contributed by atoms with E-state index in [1.54, 1.807) is 18.5 Å². The van der Waals surface area contributed by atoms with Crippen molar-refractivity contribution in [1.29, 1.82) is 5.26 Å². The van der Waals surface area contributed by atoms with Crippen molar-refractivity contribution < 1.29 is 15.3 Å². The van der Waals surface area contributed by atoms with E-state index in [0.717, 1.165) is 35.0 Å². The molecule has 0 aliphatic heterocycles. The lowest BCUT2D eigenvalue weighted by atomic mass is 9.92. The Morgan fingerprint density at radius 2 is 1.61 bits per heavy atom. The van der Waals surface area contributed by atoms with Crippen LogP contribution in [0, 0.1) is 11.3 Å². The van der Waals surface area contributed by atoms with Crippen LogP contribution in [0.2, 0.25) is 0 Å². The second-order valence-electron chi connectivity index (χ2n) is 8.93. The van der Waals surface area contributed by atoms with Crippen molar-refractivity contribution in [3.63, 3.8) is 0 Å². The van der Waals surface area contributed by atoms with Gasteiger partial charge < -0.3 is 15.0 Å². The summed E-state index contributed by atoms with van der Waals surface area (Å²) in [5, 5.41) is 22.9. The molecule has 1 fully saturated rings. The molecule has 0 unspecified atom stereocenters. The average molecular weight is 518 g/mol. The summed E-state index contributed by atoms with van der Waals surface area (Å²) in [4.78, 5) is 8.26. The van der Waals surface area contributed by atoms with E-state index in [-0.39, 0.29) is 0 Å². The maximum Gasteiger partial charge on any atom is 0.321 e. The summed E-state index contributed by atoms with van der Waals surface area (Å²) in [6, 6.07) is 18.3. The van der Waals surface area contributed by atoms with Gasteiger partial charge in [-0.05, 0) is 55.2 Å². The predicted molar refractivity (Wildman–Crippen MR) is 153 cm³/mol. The zero-order valence-electron chi connectivity index (χ0n) is 22.8. The van der Waals surface area contributed by atoms with E-state index in [2.05, 4.69) is 48.3 Å². The summed E-state index contributed by atoms with van der Waals surface area (Å²) < 4.78 is 8.14. The Kier molecular flexibility index (Phi) is 12.8. The largest absolute Gasteiger partial charge is 0.424 e. The molecule has 1 aliphatic carbocycles. The molecule has 1 aliphatic rings. The Labute approximate surface area is 225 Å². The molecule has 2 aromatic carbocycles. The highest BCUT2D eigenvalue weighted by molar-refractivity contribution is 5.95. The van der Waals surface area contributed by atoms with Crippen LogP contribution in [0.3, 0.4) is 0 Å². The van der Waals surface area contributed by atoms with Crippen molar-refractivity contribution in [2.75, 3.05) is 5.73 Å². The number of fused-ring (bicyclic) bond motifs is 1. The van der Waals surface area contributed by atoms with Crippen molar-refractivity contribution in [3.05, 3.63) is 66.5 Å². The third-order valence-corrected chi connectivity index (χ3v) is 5.96. The standard InChI is InChI=1S/C23H19N5O.C4H10.C3H8.H2O2/c24-14-20-19-10-9-18(29-23-26-11-2-12-27-23)13-21(19)28(17-3-1-4-17)22(20)15-5-7-16(25)8-6-15;1-3-4-2;1-3-2;1-2/h2,5-13,17H,1,3-4,25H2;3-4H2,1-2H3;3H2,1-2H3;1-2H. The second-order valence-corrected chi connectivity index (χ2v) is 8.93. The Morgan fingerprint density at radius 3 is 2.11 bits per heavy atom. The smallest absolute Gasteiger partial charge is 0.321 e. The Balaban J connectivity index is 0.000000499. The van der Waals surface area contributed by atoms with Crippen LogP contribution in [0.4, 0.5) is 5.69 Å². The molecule has 38 heavy (non-hydrogen) atoms. The first-order valence-electron chi connectivity index (χ1n) is 13.2. The second kappa shape index (κ2) is 16.0. The highest BCUT2D eigenvalue weighted by Crippen LogP contribution is 2.43. The Hall–Kier alpha value is -3.93. The first kappa shape index (κ1) is 30.3. The van der Waals surface area contributed by atoms with Gasteiger partial charge in [0.1, 0.15) is 11.8 Å². The number of nitriles is 1. The summed E-state index contributed by atoms with van der Waals surface area (Å²) in [6.07, 6.45) is 10.6. The number of benzene rings is 2. The first-order chi connectivity index (χ1) is 18.6. The number of anilines is 1. The molecule has 0 bridgehead atoms. The van der Waals surface area contributed by atoms with Crippen LogP contribution in [-0.2, 0) is 0 Å². The van der Waals surface area contributed by atoms with Gasteiger partial charge in [-0.15, -0.1) is 0 Å². The van der Waals surface area contributed by atoms with Gasteiger partial charge in [-0.2, -0.15) is 5.26 Å². The molecule has 2 aromatic heterocycles. The summed E-state index contributed by atoms with van der Waals surface area (Å²) in [7, 11) is 0. The molecule has 0 saturated heterocycles. The number of nitrogens with two attached hydrogens (primary N) is 1. The molecule has 202 valence electrons. The lowest BCUT2D eigenvalue weighted by Gasteiger charge is -2.30. The van der Waals surface area contributed by atoms with Gasteiger partial charge in [-0.25, -0.2) is 9.97 Å². The van der Waals surface area contributed by atoms with E-state index in [1.165, 1.54) is 25.7 Å². The van der Waals surface area contributed by atoms with E-state index in [9.17, 15) is 5.26 Å². The van der Waals surface area contributed by atoms with Crippen LogP contribution >= 0.6 is 0 Å². The molecular weight excluding hydrogens is 478 g/mol. The monoisotopic (exact) mass is 517 g/mol.